The van der Waals surface area contributed by atoms with E-state index >= 15 is 0 Å². The first-order valence-corrected chi connectivity index (χ1v) is 11.8. The highest BCUT2D eigenvalue weighted by Gasteiger charge is 2.24. The molecule has 3 aromatic carbocycles. The third kappa shape index (κ3) is 5.49. The molecule has 0 aliphatic carbocycles. The Bertz CT molecular complexity index is 1460. The first-order chi connectivity index (χ1) is 17.4. The number of amides is 1. The van der Waals surface area contributed by atoms with E-state index in [1.807, 2.05) is 50.2 Å². The Morgan fingerprint density at radius 3 is 2.61 bits per heavy atom. The van der Waals surface area contributed by atoms with Gasteiger partial charge >= 0.3 is 12.1 Å². The lowest BCUT2D eigenvalue weighted by molar-refractivity contribution is -0.136. The van der Waals surface area contributed by atoms with Crippen molar-refractivity contribution in [2.45, 2.75) is 45.8 Å². The molecule has 0 spiro atoms. The molecule has 36 heavy (non-hydrogen) atoms. The second-order valence-corrected chi connectivity index (χ2v) is 8.52. The van der Waals surface area contributed by atoms with Crippen LogP contribution in [0.15, 0.2) is 69.9 Å². The first kappa shape index (κ1) is 24.8. The Hall–Kier alpha value is -4.33. The highest BCUT2D eigenvalue weighted by atomic mass is 16.6. The molecule has 0 radical (unpaired) electrons. The van der Waals surface area contributed by atoms with Crippen molar-refractivity contribution in [3.8, 4) is 11.5 Å². The molecular formula is C28H27NO7. The number of aromatic hydroxyl groups is 1. The standard InChI is InChI=1S/C28H27NO7/c1-3-4-13-21(29-28(33)34-16-18-10-6-5-7-11-18)27(32)35-19-14-22(30)24-23(15-19)36-26-17(2)9-8-12-20(26)25(24)31/h5-12,14-15,21,30H,3-4,13,16H2,1-2H3,(H,29,33)/t21-/m1/s1. The fourth-order valence-corrected chi connectivity index (χ4v) is 3.91. The van der Waals surface area contributed by atoms with Gasteiger partial charge in [-0.3, -0.25) is 4.79 Å². The van der Waals surface area contributed by atoms with E-state index in [0.29, 0.717) is 23.8 Å². The largest absolute Gasteiger partial charge is 0.507 e. The Morgan fingerprint density at radius 2 is 1.86 bits per heavy atom. The molecule has 8 heteroatoms. The molecule has 0 bridgehead atoms. The summed E-state index contributed by atoms with van der Waals surface area (Å²) in [6, 6.07) is 16.0. The molecule has 0 saturated heterocycles. The predicted molar refractivity (Wildman–Crippen MR) is 135 cm³/mol. The minimum atomic E-state index is -0.961. The van der Waals surface area contributed by atoms with Crippen LogP contribution in [0.5, 0.6) is 11.5 Å². The van der Waals surface area contributed by atoms with E-state index in [-0.39, 0.29) is 34.5 Å². The third-order valence-corrected chi connectivity index (χ3v) is 5.80. The van der Waals surface area contributed by atoms with Gasteiger partial charge in [-0.15, -0.1) is 0 Å². The molecule has 1 heterocycles. The number of hydrogen-bond donors (Lipinski definition) is 2. The van der Waals surface area contributed by atoms with Gasteiger partial charge in [0.1, 0.15) is 40.7 Å². The van der Waals surface area contributed by atoms with Gasteiger partial charge in [-0.2, -0.15) is 0 Å². The number of benzene rings is 3. The van der Waals surface area contributed by atoms with Gasteiger partial charge in [-0.25, -0.2) is 9.59 Å². The fourth-order valence-electron chi connectivity index (χ4n) is 3.91. The number of alkyl carbamates (subject to hydrolysis) is 1. The van der Waals surface area contributed by atoms with Gasteiger partial charge in [0.15, 0.2) is 0 Å². The third-order valence-electron chi connectivity index (χ3n) is 5.80. The Balaban J connectivity index is 1.54. The maximum Gasteiger partial charge on any atom is 0.408 e. The van der Waals surface area contributed by atoms with Crippen LogP contribution in [0.25, 0.3) is 21.9 Å². The first-order valence-electron chi connectivity index (χ1n) is 11.8. The molecule has 8 nitrogen and oxygen atoms in total. The SMILES string of the molecule is CCCC[C@@H](NC(=O)OCc1ccccc1)C(=O)Oc1cc(O)c2c(=O)c3cccc(C)c3oc2c1. The quantitative estimate of drug-likeness (QED) is 0.195. The molecule has 186 valence electrons. The van der Waals surface area contributed by atoms with Crippen LogP contribution in [0.4, 0.5) is 4.79 Å². The zero-order valence-electron chi connectivity index (χ0n) is 20.1. The lowest BCUT2D eigenvalue weighted by Gasteiger charge is -2.17. The van der Waals surface area contributed by atoms with E-state index in [0.717, 1.165) is 17.5 Å². The van der Waals surface area contributed by atoms with E-state index in [4.69, 9.17) is 13.9 Å². The van der Waals surface area contributed by atoms with Crippen molar-refractivity contribution < 1.29 is 28.6 Å². The Kier molecular flexibility index (Phi) is 7.53. The summed E-state index contributed by atoms with van der Waals surface area (Å²) in [6.07, 6.45) is 1.07. The van der Waals surface area contributed by atoms with E-state index in [1.165, 1.54) is 12.1 Å². The molecule has 0 saturated carbocycles. The van der Waals surface area contributed by atoms with Gasteiger partial charge in [0.2, 0.25) is 5.43 Å². The molecule has 0 aliphatic heterocycles. The van der Waals surface area contributed by atoms with Crippen molar-refractivity contribution in [3.63, 3.8) is 0 Å². The number of carbonyl (C=O) groups excluding carboxylic acids is 2. The van der Waals surface area contributed by atoms with E-state index in [2.05, 4.69) is 5.32 Å². The number of fused-ring (bicyclic) bond motifs is 2. The highest BCUT2D eigenvalue weighted by molar-refractivity contribution is 5.95. The second kappa shape index (κ2) is 10.9. The minimum absolute atomic E-state index is 0.00181. The van der Waals surface area contributed by atoms with Gasteiger partial charge < -0.3 is 24.3 Å². The summed E-state index contributed by atoms with van der Waals surface area (Å²) in [5.74, 6) is -1.10. The lowest BCUT2D eigenvalue weighted by Crippen LogP contribution is -2.43. The minimum Gasteiger partial charge on any atom is -0.507 e. The number of unbranched alkanes of at least 4 members (excludes halogenated alkanes) is 1. The summed E-state index contributed by atoms with van der Waals surface area (Å²) in [4.78, 5) is 38.2. The maximum atomic E-state index is 12.9. The number of phenols is 1. The van der Waals surface area contributed by atoms with E-state index in [9.17, 15) is 19.5 Å². The fraction of sp³-hybridized carbons (Fsp3) is 0.250. The summed E-state index contributed by atoms with van der Waals surface area (Å²) in [7, 11) is 0. The van der Waals surface area contributed by atoms with Crippen LogP contribution in [-0.2, 0) is 16.1 Å². The second-order valence-electron chi connectivity index (χ2n) is 8.52. The zero-order valence-corrected chi connectivity index (χ0v) is 20.1. The van der Waals surface area contributed by atoms with Gasteiger partial charge in [0.05, 0.1) is 5.39 Å². The van der Waals surface area contributed by atoms with Crippen LogP contribution >= 0.6 is 0 Å². The normalized spacial score (nSPS) is 11.8. The number of carbonyl (C=O) groups is 2. The number of para-hydroxylation sites is 1. The zero-order chi connectivity index (χ0) is 25.7. The molecule has 1 atom stereocenters. The highest BCUT2D eigenvalue weighted by Crippen LogP contribution is 2.31. The molecule has 4 rings (SSSR count). The molecule has 1 amide bonds. The van der Waals surface area contributed by atoms with E-state index < -0.39 is 18.1 Å². The molecule has 0 aliphatic rings. The molecule has 1 aromatic heterocycles. The van der Waals surface area contributed by atoms with Crippen molar-refractivity contribution in [1.29, 1.82) is 0 Å². The Morgan fingerprint density at radius 1 is 1.08 bits per heavy atom. The summed E-state index contributed by atoms with van der Waals surface area (Å²) < 4.78 is 16.6. The van der Waals surface area contributed by atoms with Crippen LogP contribution < -0.4 is 15.5 Å². The predicted octanol–water partition coefficient (Wildman–Crippen LogP) is 5.35. The smallest absolute Gasteiger partial charge is 0.408 e. The number of esters is 1. The van der Waals surface area contributed by atoms with Crippen LogP contribution in [0.2, 0.25) is 0 Å². The van der Waals surface area contributed by atoms with Crippen LogP contribution in [-0.4, -0.2) is 23.2 Å². The Labute approximate surface area is 207 Å². The molecule has 0 fully saturated rings. The van der Waals surface area contributed by atoms with Crippen LogP contribution in [0.3, 0.4) is 0 Å². The van der Waals surface area contributed by atoms with Crippen molar-refractivity contribution in [2.75, 3.05) is 0 Å². The van der Waals surface area contributed by atoms with Gasteiger partial charge in [-0.05, 0) is 30.5 Å². The maximum absolute atomic E-state index is 12.9. The van der Waals surface area contributed by atoms with Crippen LogP contribution in [0, 0.1) is 6.92 Å². The number of rotatable bonds is 8. The van der Waals surface area contributed by atoms with Crippen molar-refractivity contribution in [3.05, 3.63) is 82.0 Å². The molecule has 0 unspecified atom stereocenters. The topological polar surface area (TPSA) is 115 Å². The number of aryl methyl sites for hydroxylation is 1. The van der Waals surface area contributed by atoms with Gasteiger partial charge in [-0.1, -0.05) is 62.2 Å². The number of phenolic OH excluding ortho intramolecular Hbond substituents is 1. The number of hydrogen-bond acceptors (Lipinski definition) is 7. The summed E-state index contributed by atoms with van der Waals surface area (Å²) in [6.45, 7) is 3.83. The van der Waals surface area contributed by atoms with Crippen LogP contribution in [0.1, 0.15) is 37.3 Å². The molecular weight excluding hydrogens is 462 g/mol. The molecule has 4 aromatic rings. The number of nitrogens with one attached hydrogen (secondary N) is 1. The summed E-state index contributed by atoms with van der Waals surface area (Å²) in [5, 5.41) is 13.4. The molecule has 2 N–H and O–H groups in total. The van der Waals surface area contributed by atoms with Crippen molar-refractivity contribution in [2.24, 2.45) is 0 Å². The summed E-state index contributed by atoms with van der Waals surface area (Å²) >= 11 is 0. The van der Waals surface area contributed by atoms with E-state index in [1.54, 1.807) is 12.1 Å². The van der Waals surface area contributed by atoms with Gasteiger partial charge in [0.25, 0.3) is 0 Å². The lowest BCUT2D eigenvalue weighted by atomic mass is 10.1. The van der Waals surface area contributed by atoms with Crippen molar-refractivity contribution >= 4 is 34.0 Å². The monoisotopic (exact) mass is 489 g/mol. The summed E-state index contributed by atoms with van der Waals surface area (Å²) in [5.41, 5.74) is 1.67. The van der Waals surface area contributed by atoms with Crippen molar-refractivity contribution in [1.82, 2.24) is 5.32 Å². The van der Waals surface area contributed by atoms with Gasteiger partial charge in [0, 0.05) is 12.1 Å². The average molecular weight is 490 g/mol. The average Bonchev–Trinajstić information content (AvgIpc) is 2.86. The number of ether oxygens (including phenoxy) is 2.